The van der Waals surface area contributed by atoms with Crippen LogP contribution in [0.15, 0.2) is 47.2 Å². The number of hydrogen-bond donors (Lipinski definition) is 2. The van der Waals surface area contributed by atoms with Crippen LogP contribution in [0.1, 0.15) is 28.4 Å². The van der Waals surface area contributed by atoms with E-state index in [9.17, 15) is 9.59 Å². The molecular formula is C19H18N4O2S. The average Bonchev–Trinajstić information content (AvgIpc) is 3.34. The number of benzene rings is 1. The molecule has 6 nitrogen and oxygen atoms in total. The Morgan fingerprint density at radius 1 is 1.38 bits per heavy atom. The molecule has 0 spiro atoms. The number of hydrogen-bond acceptors (Lipinski definition) is 4. The standard InChI is InChI=1S/C19H18N4O2S/c1-23-17-5-3-2-4-14(17)13(8-18(23)24)10-20-19(25)16-9-15(21-22-16)12-6-7-26-11-12/h2-7,9,11,13H,8,10H2,1H3,(H,20,25)(H,21,22). The fraction of sp³-hybridized carbons (Fsp3) is 0.211. The van der Waals surface area contributed by atoms with Crippen molar-refractivity contribution < 1.29 is 9.59 Å². The van der Waals surface area contributed by atoms with Gasteiger partial charge in [0.15, 0.2) is 0 Å². The van der Waals surface area contributed by atoms with Crippen LogP contribution in [0, 0.1) is 0 Å². The molecule has 1 aromatic carbocycles. The number of aromatic nitrogens is 2. The third kappa shape index (κ3) is 3.01. The molecule has 26 heavy (non-hydrogen) atoms. The first-order valence-corrected chi connectivity index (χ1v) is 9.29. The van der Waals surface area contributed by atoms with Gasteiger partial charge in [0, 0.05) is 42.6 Å². The second-order valence-corrected chi connectivity index (χ2v) is 7.08. The second kappa shape index (κ2) is 6.76. The molecule has 1 atom stereocenters. The van der Waals surface area contributed by atoms with Crippen LogP contribution >= 0.6 is 11.3 Å². The molecule has 2 amide bonds. The van der Waals surface area contributed by atoms with E-state index >= 15 is 0 Å². The van der Waals surface area contributed by atoms with Gasteiger partial charge < -0.3 is 10.2 Å². The highest BCUT2D eigenvalue weighted by Crippen LogP contribution is 2.34. The minimum absolute atomic E-state index is 0.0295. The lowest BCUT2D eigenvalue weighted by molar-refractivity contribution is -0.119. The summed E-state index contributed by atoms with van der Waals surface area (Å²) in [6.45, 7) is 0.405. The molecule has 132 valence electrons. The van der Waals surface area contributed by atoms with E-state index in [0.717, 1.165) is 22.5 Å². The molecule has 0 aliphatic carbocycles. The van der Waals surface area contributed by atoms with E-state index in [1.54, 1.807) is 29.4 Å². The highest BCUT2D eigenvalue weighted by Gasteiger charge is 2.29. The molecule has 1 aliphatic heterocycles. The largest absolute Gasteiger partial charge is 0.350 e. The molecule has 1 unspecified atom stereocenters. The van der Waals surface area contributed by atoms with Crippen LogP contribution in [0.4, 0.5) is 5.69 Å². The summed E-state index contributed by atoms with van der Waals surface area (Å²) in [6, 6.07) is 11.5. The van der Waals surface area contributed by atoms with Crippen LogP contribution in [0.5, 0.6) is 0 Å². The number of fused-ring (bicyclic) bond motifs is 1. The van der Waals surface area contributed by atoms with Crippen molar-refractivity contribution in [1.29, 1.82) is 0 Å². The molecule has 2 N–H and O–H groups in total. The normalized spacial score (nSPS) is 16.4. The SMILES string of the molecule is CN1C(=O)CC(CNC(=O)c2cc(-c3ccsc3)n[nH]2)c2ccccc21. The molecule has 1 aliphatic rings. The van der Waals surface area contributed by atoms with Crippen molar-refractivity contribution in [1.82, 2.24) is 15.5 Å². The maximum Gasteiger partial charge on any atom is 0.269 e. The summed E-state index contributed by atoms with van der Waals surface area (Å²) in [5.41, 5.74) is 4.14. The van der Waals surface area contributed by atoms with Crippen LogP contribution in [-0.2, 0) is 4.79 Å². The van der Waals surface area contributed by atoms with E-state index in [2.05, 4.69) is 15.5 Å². The number of carbonyl (C=O) groups excluding carboxylic acids is 2. The Balaban J connectivity index is 1.47. The van der Waals surface area contributed by atoms with Crippen LogP contribution in [-0.4, -0.2) is 35.6 Å². The minimum Gasteiger partial charge on any atom is -0.350 e. The minimum atomic E-state index is -0.220. The van der Waals surface area contributed by atoms with Gasteiger partial charge in [-0.2, -0.15) is 16.4 Å². The monoisotopic (exact) mass is 366 g/mol. The van der Waals surface area contributed by atoms with E-state index in [0.29, 0.717) is 18.7 Å². The first-order chi connectivity index (χ1) is 12.6. The van der Waals surface area contributed by atoms with Crippen molar-refractivity contribution in [2.45, 2.75) is 12.3 Å². The van der Waals surface area contributed by atoms with E-state index in [-0.39, 0.29) is 17.7 Å². The maximum absolute atomic E-state index is 12.5. The van der Waals surface area contributed by atoms with Gasteiger partial charge in [-0.05, 0) is 29.1 Å². The molecule has 7 heteroatoms. The summed E-state index contributed by atoms with van der Waals surface area (Å²) < 4.78 is 0. The van der Waals surface area contributed by atoms with Gasteiger partial charge in [-0.3, -0.25) is 14.7 Å². The van der Waals surface area contributed by atoms with Gasteiger partial charge in [0.2, 0.25) is 5.91 Å². The van der Waals surface area contributed by atoms with Gasteiger partial charge in [0.1, 0.15) is 5.69 Å². The van der Waals surface area contributed by atoms with E-state index in [1.165, 1.54) is 0 Å². The van der Waals surface area contributed by atoms with Crippen molar-refractivity contribution >= 4 is 28.8 Å². The number of H-pyrrole nitrogens is 1. The average molecular weight is 366 g/mol. The molecular weight excluding hydrogens is 348 g/mol. The number of thiophene rings is 1. The van der Waals surface area contributed by atoms with Crippen molar-refractivity contribution in [3.63, 3.8) is 0 Å². The highest BCUT2D eigenvalue weighted by molar-refractivity contribution is 7.08. The zero-order valence-electron chi connectivity index (χ0n) is 14.2. The van der Waals surface area contributed by atoms with E-state index in [1.807, 2.05) is 41.1 Å². The van der Waals surface area contributed by atoms with Crippen LogP contribution in [0.25, 0.3) is 11.3 Å². The summed E-state index contributed by atoms with van der Waals surface area (Å²) in [6.07, 6.45) is 0.386. The number of amides is 2. The molecule has 2 aromatic heterocycles. The Bertz CT molecular complexity index is 948. The molecule has 0 saturated carbocycles. The van der Waals surface area contributed by atoms with E-state index in [4.69, 9.17) is 0 Å². The van der Waals surface area contributed by atoms with Crippen molar-refractivity contribution in [2.24, 2.45) is 0 Å². The van der Waals surface area contributed by atoms with Gasteiger partial charge in [0.25, 0.3) is 5.91 Å². The predicted octanol–water partition coefficient (Wildman–Crippen LogP) is 3.02. The van der Waals surface area contributed by atoms with Gasteiger partial charge in [-0.1, -0.05) is 18.2 Å². The van der Waals surface area contributed by atoms with Crippen LogP contribution in [0.2, 0.25) is 0 Å². The van der Waals surface area contributed by atoms with Crippen molar-refractivity contribution in [3.05, 3.63) is 58.4 Å². The van der Waals surface area contributed by atoms with Crippen molar-refractivity contribution in [2.75, 3.05) is 18.5 Å². The second-order valence-electron chi connectivity index (χ2n) is 6.30. The molecule has 0 saturated heterocycles. The molecule has 0 bridgehead atoms. The van der Waals surface area contributed by atoms with Gasteiger partial charge >= 0.3 is 0 Å². The number of anilines is 1. The lowest BCUT2D eigenvalue weighted by Crippen LogP contribution is -2.37. The first-order valence-electron chi connectivity index (χ1n) is 8.35. The Hall–Kier alpha value is -2.93. The Labute approximate surface area is 154 Å². The maximum atomic E-state index is 12.5. The molecule has 4 rings (SSSR count). The Morgan fingerprint density at radius 2 is 2.23 bits per heavy atom. The first kappa shape index (κ1) is 16.5. The number of rotatable bonds is 4. The summed E-state index contributed by atoms with van der Waals surface area (Å²) >= 11 is 1.58. The topological polar surface area (TPSA) is 78.1 Å². The molecule has 3 aromatic rings. The highest BCUT2D eigenvalue weighted by atomic mass is 32.1. The summed E-state index contributed by atoms with van der Waals surface area (Å²) in [7, 11) is 1.78. The van der Waals surface area contributed by atoms with Crippen LogP contribution < -0.4 is 10.2 Å². The number of carbonyl (C=O) groups is 2. The zero-order valence-corrected chi connectivity index (χ0v) is 15.0. The van der Waals surface area contributed by atoms with E-state index < -0.39 is 0 Å². The summed E-state index contributed by atoms with van der Waals surface area (Å²) in [5.74, 6) is -0.190. The molecule has 0 radical (unpaired) electrons. The molecule has 3 heterocycles. The Morgan fingerprint density at radius 3 is 3.04 bits per heavy atom. The number of nitrogens with one attached hydrogen (secondary N) is 2. The third-order valence-electron chi connectivity index (χ3n) is 4.68. The smallest absolute Gasteiger partial charge is 0.269 e. The third-order valence-corrected chi connectivity index (χ3v) is 5.36. The fourth-order valence-corrected chi connectivity index (χ4v) is 3.87. The quantitative estimate of drug-likeness (QED) is 0.745. The summed E-state index contributed by atoms with van der Waals surface area (Å²) in [4.78, 5) is 26.3. The summed E-state index contributed by atoms with van der Waals surface area (Å²) in [5, 5.41) is 13.9. The predicted molar refractivity (Wildman–Crippen MR) is 101 cm³/mol. The molecule has 0 fully saturated rings. The lowest BCUT2D eigenvalue weighted by atomic mass is 9.89. The number of para-hydroxylation sites is 1. The van der Waals surface area contributed by atoms with Crippen molar-refractivity contribution in [3.8, 4) is 11.3 Å². The Kier molecular flexibility index (Phi) is 4.30. The van der Waals surface area contributed by atoms with Gasteiger partial charge in [0.05, 0.1) is 5.69 Å². The number of nitrogens with zero attached hydrogens (tertiary/aromatic N) is 2. The van der Waals surface area contributed by atoms with Gasteiger partial charge in [-0.25, -0.2) is 0 Å². The fourth-order valence-electron chi connectivity index (χ4n) is 3.22. The lowest BCUT2D eigenvalue weighted by Gasteiger charge is -2.31. The van der Waals surface area contributed by atoms with Gasteiger partial charge in [-0.15, -0.1) is 0 Å². The zero-order chi connectivity index (χ0) is 18.1. The number of aromatic amines is 1. The van der Waals surface area contributed by atoms with Crippen LogP contribution in [0.3, 0.4) is 0 Å².